The molecule has 0 aliphatic rings. The van der Waals surface area contributed by atoms with Crippen molar-refractivity contribution in [3.8, 4) is 5.75 Å². The summed E-state index contributed by atoms with van der Waals surface area (Å²) < 4.78 is 5.16. The van der Waals surface area contributed by atoms with Crippen molar-refractivity contribution in [2.24, 2.45) is 0 Å². The van der Waals surface area contributed by atoms with Crippen LogP contribution in [0.3, 0.4) is 0 Å². The molecule has 0 radical (unpaired) electrons. The summed E-state index contributed by atoms with van der Waals surface area (Å²) in [5, 5.41) is 8.93. The van der Waals surface area contributed by atoms with Gasteiger partial charge in [0.2, 0.25) is 0 Å². The molecule has 0 heterocycles. The van der Waals surface area contributed by atoms with Crippen LogP contribution >= 0.6 is 0 Å². The van der Waals surface area contributed by atoms with Crippen LogP contribution in [0, 0.1) is 0 Å². The first-order valence-electron chi connectivity index (χ1n) is 4.88. The fourth-order valence-corrected chi connectivity index (χ4v) is 1.15. The lowest BCUT2D eigenvalue weighted by Crippen LogP contribution is -2.28. The number of para-hydroxylation sites is 1. The average Bonchev–Trinajstić information content (AvgIpc) is 2.26. The molecule has 0 aromatic heterocycles. The van der Waals surface area contributed by atoms with Crippen molar-refractivity contribution in [3.63, 3.8) is 0 Å². The van der Waals surface area contributed by atoms with E-state index in [9.17, 15) is 9.59 Å². The van der Waals surface area contributed by atoms with Gasteiger partial charge in [0.05, 0.1) is 5.69 Å². The Morgan fingerprint density at radius 3 is 2.59 bits per heavy atom. The van der Waals surface area contributed by atoms with Gasteiger partial charge in [0, 0.05) is 14.1 Å². The molecule has 1 amide bonds. The van der Waals surface area contributed by atoms with Crippen LogP contribution in [0.15, 0.2) is 18.2 Å². The summed E-state index contributed by atoms with van der Waals surface area (Å²) in [5.41, 5.74) is 5.74. The number of aromatic carboxylic acids is 1. The SMILES string of the molecule is CN(C)C(=O)COc1c(N)cccc1C(=O)O. The van der Waals surface area contributed by atoms with E-state index >= 15 is 0 Å². The second-order valence-corrected chi connectivity index (χ2v) is 3.61. The van der Waals surface area contributed by atoms with Gasteiger partial charge in [-0.25, -0.2) is 4.79 Å². The summed E-state index contributed by atoms with van der Waals surface area (Å²) >= 11 is 0. The van der Waals surface area contributed by atoms with E-state index in [0.717, 1.165) is 0 Å². The van der Waals surface area contributed by atoms with Crippen molar-refractivity contribution < 1.29 is 19.4 Å². The van der Waals surface area contributed by atoms with Gasteiger partial charge in [-0.05, 0) is 12.1 Å². The van der Waals surface area contributed by atoms with Crippen LogP contribution in [0.25, 0.3) is 0 Å². The highest BCUT2D eigenvalue weighted by molar-refractivity contribution is 5.93. The minimum absolute atomic E-state index is 0.0233. The van der Waals surface area contributed by atoms with Crippen LogP contribution < -0.4 is 10.5 Å². The van der Waals surface area contributed by atoms with Crippen molar-refractivity contribution in [1.29, 1.82) is 0 Å². The second kappa shape index (κ2) is 5.20. The van der Waals surface area contributed by atoms with Gasteiger partial charge in [-0.15, -0.1) is 0 Å². The summed E-state index contributed by atoms with van der Waals surface area (Å²) in [4.78, 5) is 23.6. The van der Waals surface area contributed by atoms with E-state index in [0.29, 0.717) is 0 Å². The Balaban J connectivity index is 2.90. The Bertz CT molecular complexity index is 443. The molecule has 92 valence electrons. The van der Waals surface area contributed by atoms with E-state index in [1.165, 1.54) is 23.1 Å². The van der Waals surface area contributed by atoms with Crippen molar-refractivity contribution in [1.82, 2.24) is 4.90 Å². The number of carboxylic acid groups (broad SMARTS) is 1. The molecule has 1 aromatic rings. The molecule has 0 atom stereocenters. The largest absolute Gasteiger partial charge is 0.481 e. The molecule has 6 nitrogen and oxygen atoms in total. The molecule has 0 spiro atoms. The number of anilines is 1. The Morgan fingerprint density at radius 1 is 1.41 bits per heavy atom. The fourth-order valence-electron chi connectivity index (χ4n) is 1.15. The monoisotopic (exact) mass is 238 g/mol. The van der Waals surface area contributed by atoms with E-state index in [1.807, 2.05) is 0 Å². The van der Waals surface area contributed by atoms with E-state index < -0.39 is 5.97 Å². The van der Waals surface area contributed by atoms with Crippen LogP contribution in [0.5, 0.6) is 5.75 Å². The van der Waals surface area contributed by atoms with Crippen LogP contribution in [-0.4, -0.2) is 42.6 Å². The smallest absolute Gasteiger partial charge is 0.339 e. The Kier molecular flexibility index (Phi) is 3.92. The van der Waals surface area contributed by atoms with Gasteiger partial charge in [-0.2, -0.15) is 0 Å². The molecule has 0 saturated carbocycles. The lowest BCUT2D eigenvalue weighted by Gasteiger charge is -2.14. The predicted octanol–water partition coefficient (Wildman–Crippen LogP) is 0.434. The normalized spacial score (nSPS) is 9.76. The van der Waals surface area contributed by atoms with E-state index in [-0.39, 0.29) is 29.5 Å². The summed E-state index contributed by atoms with van der Waals surface area (Å²) in [6.07, 6.45) is 0. The standard InChI is InChI=1S/C11H14N2O4/c1-13(2)9(14)6-17-10-7(11(15)16)4-3-5-8(10)12/h3-5H,6,12H2,1-2H3,(H,15,16). The number of carbonyl (C=O) groups is 2. The van der Waals surface area contributed by atoms with Gasteiger partial charge in [0.25, 0.3) is 5.91 Å². The maximum absolute atomic E-state index is 11.3. The Hall–Kier alpha value is -2.24. The maximum Gasteiger partial charge on any atom is 0.339 e. The molecule has 0 aliphatic heterocycles. The topological polar surface area (TPSA) is 92.9 Å². The maximum atomic E-state index is 11.3. The molecule has 0 aliphatic carbocycles. The molecule has 1 aromatic carbocycles. The highest BCUT2D eigenvalue weighted by atomic mass is 16.5. The van der Waals surface area contributed by atoms with E-state index in [2.05, 4.69) is 0 Å². The van der Waals surface area contributed by atoms with Crippen molar-refractivity contribution in [3.05, 3.63) is 23.8 Å². The third kappa shape index (κ3) is 3.10. The highest BCUT2D eigenvalue weighted by Gasteiger charge is 2.15. The Morgan fingerprint density at radius 2 is 2.06 bits per heavy atom. The third-order valence-electron chi connectivity index (χ3n) is 2.11. The molecule has 0 fully saturated rings. The number of amides is 1. The number of nitrogens with two attached hydrogens (primary N) is 1. The average molecular weight is 238 g/mol. The molecule has 0 unspecified atom stereocenters. The molecule has 6 heteroatoms. The zero-order valence-corrected chi connectivity index (χ0v) is 9.64. The molecule has 1 rings (SSSR count). The van der Waals surface area contributed by atoms with Crippen LogP contribution in [0.2, 0.25) is 0 Å². The molecule has 0 bridgehead atoms. The number of likely N-dealkylation sites (N-methyl/N-ethyl adjacent to an activating group) is 1. The lowest BCUT2D eigenvalue weighted by molar-refractivity contribution is -0.130. The quantitative estimate of drug-likeness (QED) is 0.742. The van der Waals surface area contributed by atoms with Gasteiger partial charge in [0.1, 0.15) is 5.56 Å². The summed E-state index contributed by atoms with van der Waals surface area (Å²) in [6, 6.07) is 4.40. The van der Waals surface area contributed by atoms with Gasteiger partial charge >= 0.3 is 5.97 Å². The van der Waals surface area contributed by atoms with E-state index in [4.69, 9.17) is 15.6 Å². The predicted molar refractivity (Wildman–Crippen MR) is 62.0 cm³/mol. The van der Waals surface area contributed by atoms with Crippen LogP contribution in [0.1, 0.15) is 10.4 Å². The highest BCUT2D eigenvalue weighted by Crippen LogP contribution is 2.26. The fraction of sp³-hybridized carbons (Fsp3) is 0.273. The number of rotatable bonds is 4. The first kappa shape index (κ1) is 12.8. The number of nitrogens with zero attached hydrogens (tertiary/aromatic N) is 1. The molecule has 3 N–H and O–H groups in total. The summed E-state index contributed by atoms with van der Waals surface area (Å²) in [7, 11) is 3.16. The summed E-state index contributed by atoms with van der Waals surface area (Å²) in [6.45, 7) is -0.249. The van der Waals surface area contributed by atoms with Crippen molar-refractivity contribution in [2.75, 3.05) is 26.4 Å². The number of carbonyl (C=O) groups excluding carboxylic acids is 1. The molecule has 17 heavy (non-hydrogen) atoms. The first-order valence-corrected chi connectivity index (χ1v) is 4.88. The molecule has 0 saturated heterocycles. The molecular formula is C11H14N2O4. The number of hydrogen-bond acceptors (Lipinski definition) is 4. The van der Waals surface area contributed by atoms with Crippen molar-refractivity contribution in [2.45, 2.75) is 0 Å². The van der Waals surface area contributed by atoms with Gasteiger partial charge in [0.15, 0.2) is 12.4 Å². The first-order chi connectivity index (χ1) is 7.93. The zero-order chi connectivity index (χ0) is 13.0. The van der Waals surface area contributed by atoms with Crippen LogP contribution in [0.4, 0.5) is 5.69 Å². The van der Waals surface area contributed by atoms with E-state index in [1.54, 1.807) is 14.1 Å². The number of carboxylic acids is 1. The second-order valence-electron chi connectivity index (χ2n) is 3.61. The molecular weight excluding hydrogens is 224 g/mol. The Labute approximate surface area is 98.6 Å². The zero-order valence-electron chi connectivity index (χ0n) is 9.64. The minimum Gasteiger partial charge on any atom is -0.481 e. The lowest BCUT2D eigenvalue weighted by atomic mass is 10.2. The van der Waals surface area contributed by atoms with Crippen LogP contribution in [-0.2, 0) is 4.79 Å². The number of ether oxygens (including phenoxy) is 1. The van der Waals surface area contributed by atoms with Gasteiger partial charge < -0.3 is 20.5 Å². The van der Waals surface area contributed by atoms with Gasteiger partial charge in [-0.3, -0.25) is 4.79 Å². The third-order valence-corrected chi connectivity index (χ3v) is 2.11. The van der Waals surface area contributed by atoms with Gasteiger partial charge in [-0.1, -0.05) is 6.07 Å². The summed E-state index contributed by atoms with van der Waals surface area (Å²) in [5.74, 6) is -1.40. The number of nitrogen functional groups attached to an aromatic ring is 1. The minimum atomic E-state index is -1.15. The van der Waals surface area contributed by atoms with Crippen molar-refractivity contribution >= 4 is 17.6 Å². The number of hydrogen-bond donors (Lipinski definition) is 2. The number of benzene rings is 1.